The summed E-state index contributed by atoms with van der Waals surface area (Å²) >= 11 is 3.27. The van der Waals surface area contributed by atoms with Crippen molar-refractivity contribution in [2.45, 2.75) is 24.8 Å². The number of thiazole rings is 1. The molecule has 0 N–H and O–H groups in total. The zero-order valence-corrected chi connectivity index (χ0v) is 19.2. The number of aryl methyl sites for hydroxylation is 1. The molecule has 8 heteroatoms. The first kappa shape index (κ1) is 21.4. The molecule has 0 radical (unpaired) electrons. The van der Waals surface area contributed by atoms with Crippen LogP contribution in [0.1, 0.15) is 23.7 Å². The van der Waals surface area contributed by atoms with Crippen LogP contribution in [0.3, 0.4) is 0 Å². The number of carbonyl (C=O) groups is 1. The number of rotatable bonds is 9. The van der Waals surface area contributed by atoms with Gasteiger partial charge in [0.2, 0.25) is 0 Å². The first-order valence-electron chi connectivity index (χ1n) is 10.1. The molecular weight excluding hydrogens is 428 g/mol. The highest BCUT2D eigenvalue weighted by Gasteiger charge is 2.21. The number of imidazole rings is 1. The lowest BCUT2D eigenvalue weighted by Crippen LogP contribution is -2.32. The number of anilines is 1. The fourth-order valence-corrected chi connectivity index (χ4v) is 4.95. The second kappa shape index (κ2) is 9.98. The maximum atomic E-state index is 13.4. The second-order valence-electron chi connectivity index (χ2n) is 6.90. The summed E-state index contributed by atoms with van der Waals surface area (Å²) < 4.78 is 8.35. The molecule has 0 unspecified atom stereocenters. The van der Waals surface area contributed by atoms with E-state index in [1.54, 1.807) is 36.3 Å². The van der Waals surface area contributed by atoms with E-state index in [0.29, 0.717) is 17.2 Å². The van der Waals surface area contributed by atoms with Crippen molar-refractivity contribution in [3.8, 4) is 5.75 Å². The van der Waals surface area contributed by atoms with Crippen molar-refractivity contribution >= 4 is 44.4 Å². The second-order valence-corrected chi connectivity index (χ2v) is 9.24. The van der Waals surface area contributed by atoms with Crippen LogP contribution in [0.2, 0.25) is 0 Å². The number of benzene rings is 2. The molecular formula is C23H24N4O2S2. The molecule has 2 heterocycles. The van der Waals surface area contributed by atoms with Gasteiger partial charge in [0.05, 0.1) is 23.7 Å². The average Bonchev–Trinajstić information content (AvgIpc) is 3.46. The number of ether oxygens (including phenoxy) is 1. The minimum atomic E-state index is -0.0373. The molecule has 2 aromatic heterocycles. The van der Waals surface area contributed by atoms with Crippen LogP contribution in [0.4, 0.5) is 5.13 Å². The highest BCUT2D eigenvalue weighted by molar-refractivity contribution is 7.99. The van der Waals surface area contributed by atoms with E-state index in [1.807, 2.05) is 53.2 Å². The normalized spacial score (nSPS) is 11.0. The van der Waals surface area contributed by atoms with Crippen LogP contribution >= 0.6 is 23.1 Å². The van der Waals surface area contributed by atoms with Crippen LogP contribution in [-0.4, -0.2) is 39.8 Å². The summed E-state index contributed by atoms with van der Waals surface area (Å²) in [4.78, 5) is 25.2. The van der Waals surface area contributed by atoms with Gasteiger partial charge in [0, 0.05) is 35.9 Å². The highest BCUT2D eigenvalue weighted by atomic mass is 32.2. The molecule has 0 saturated heterocycles. The number of nitrogens with zero attached hydrogens (tertiary/aromatic N) is 4. The Morgan fingerprint density at radius 1 is 1.23 bits per heavy atom. The van der Waals surface area contributed by atoms with Crippen molar-refractivity contribution in [2.75, 3.05) is 24.3 Å². The topological polar surface area (TPSA) is 60.2 Å². The summed E-state index contributed by atoms with van der Waals surface area (Å²) in [5.74, 6) is 1.75. The van der Waals surface area contributed by atoms with Gasteiger partial charge in [-0.05, 0) is 54.6 Å². The van der Waals surface area contributed by atoms with Crippen LogP contribution in [0.15, 0.2) is 66.1 Å². The van der Waals surface area contributed by atoms with Crippen LogP contribution in [0.5, 0.6) is 5.75 Å². The summed E-state index contributed by atoms with van der Waals surface area (Å²) in [7, 11) is 1.65. The summed E-state index contributed by atoms with van der Waals surface area (Å²) in [5, 5.41) is 0.700. The lowest BCUT2D eigenvalue weighted by atomic mass is 10.2. The molecule has 4 aromatic rings. The molecule has 4 rings (SSSR count). The van der Waals surface area contributed by atoms with Gasteiger partial charge in [-0.15, -0.1) is 11.8 Å². The largest absolute Gasteiger partial charge is 0.497 e. The predicted molar refractivity (Wildman–Crippen MR) is 128 cm³/mol. The molecule has 0 saturated carbocycles. The Hall–Kier alpha value is -2.84. The summed E-state index contributed by atoms with van der Waals surface area (Å²) in [6, 6.07) is 13.6. The maximum Gasteiger partial charge on any atom is 0.260 e. The zero-order valence-electron chi connectivity index (χ0n) is 17.5. The lowest BCUT2D eigenvalue weighted by molar-refractivity contribution is 0.0986. The number of thioether (sulfide) groups is 1. The van der Waals surface area contributed by atoms with Gasteiger partial charge in [-0.1, -0.05) is 18.3 Å². The number of hydrogen-bond donors (Lipinski definition) is 0. The predicted octanol–water partition coefficient (Wildman–Crippen LogP) is 5.35. The van der Waals surface area contributed by atoms with Crippen molar-refractivity contribution < 1.29 is 9.53 Å². The standard InChI is InChI=1S/C23H24N4O2S2/c1-3-30-19-8-5-17(6-9-19)22(28)27(13-4-12-26-14-11-24-16-26)23-25-20-10-7-18(29-2)15-21(20)31-23/h5-11,14-16H,3-4,12-13H2,1-2H3. The summed E-state index contributed by atoms with van der Waals surface area (Å²) in [6.45, 7) is 3.47. The van der Waals surface area contributed by atoms with E-state index in [-0.39, 0.29) is 5.91 Å². The van der Waals surface area contributed by atoms with E-state index in [9.17, 15) is 4.79 Å². The molecule has 0 aliphatic carbocycles. The third-order valence-corrected chi connectivity index (χ3v) is 6.77. The molecule has 0 bridgehead atoms. The Balaban J connectivity index is 1.60. The molecule has 0 aliphatic heterocycles. The molecule has 160 valence electrons. The number of amides is 1. The van der Waals surface area contributed by atoms with Crippen molar-refractivity contribution in [3.05, 3.63) is 66.7 Å². The van der Waals surface area contributed by atoms with Crippen molar-refractivity contribution in [1.82, 2.24) is 14.5 Å². The lowest BCUT2D eigenvalue weighted by Gasteiger charge is -2.20. The van der Waals surface area contributed by atoms with Gasteiger partial charge in [0.15, 0.2) is 5.13 Å². The molecule has 0 fully saturated rings. The quantitative estimate of drug-likeness (QED) is 0.320. The maximum absolute atomic E-state index is 13.4. The van der Waals surface area contributed by atoms with Crippen LogP contribution in [0.25, 0.3) is 10.2 Å². The Labute approximate surface area is 189 Å². The van der Waals surface area contributed by atoms with E-state index < -0.39 is 0 Å². The van der Waals surface area contributed by atoms with Crippen LogP contribution < -0.4 is 9.64 Å². The Kier molecular flexibility index (Phi) is 6.89. The number of carbonyl (C=O) groups excluding carboxylic acids is 1. The summed E-state index contributed by atoms with van der Waals surface area (Å²) in [5.41, 5.74) is 1.53. The Morgan fingerprint density at radius 2 is 2.06 bits per heavy atom. The first-order valence-corrected chi connectivity index (χ1v) is 11.9. The molecule has 31 heavy (non-hydrogen) atoms. The Morgan fingerprint density at radius 3 is 2.77 bits per heavy atom. The minimum Gasteiger partial charge on any atom is -0.497 e. The molecule has 0 atom stereocenters. The zero-order chi connectivity index (χ0) is 21.6. The molecule has 0 aliphatic rings. The molecule has 0 spiro atoms. The van der Waals surface area contributed by atoms with Crippen LogP contribution in [0, 0.1) is 0 Å². The number of fused-ring (bicyclic) bond motifs is 1. The third-order valence-electron chi connectivity index (χ3n) is 4.83. The van der Waals surface area contributed by atoms with E-state index in [1.165, 1.54) is 11.3 Å². The molecule has 6 nitrogen and oxygen atoms in total. The third kappa shape index (κ3) is 5.08. The van der Waals surface area contributed by atoms with Gasteiger partial charge >= 0.3 is 0 Å². The minimum absolute atomic E-state index is 0.0373. The van der Waals surface area contributed by atoms with Gasteiger partial charge in [-0.3, -0.25) is 9.69 Å². The number of methoxy groups -OCH3 is 1. The van der Waals surface area contributed by atoms with Crippen molar-refractivity contribution in [2.24, 2.45) is 0 Å². The molecule has 2 aromatic carbocycles. The smallest absolute Gasteiger partial charge is 0.260 e. The van der Waals surface area contributed by atoms with Gasteiger partial charge in [0.25, 0.3) is 5.91 Å². The first-order chi connectivity index (χ1) is 15.2. The van der Waals surface area contributed by atoms with E-state index >= 15 is 0 Å². The highest BCUT2D eigenvalue weighted by Crippen LogP contribution is 2.32. The molecule has 1 amide bonds. The Bertz CT molecular complexity index is 1140. The van der Waals surface area contributed by atoms with E-state index in [2.05, 4.69) is 11.9 Å². The van der Waals surface area contributed by atoms with Gasteiger partial charge in [-0.2, -0.15) is 0 Å². The van der Waals surface area contributed by atoms with Gasteiger partial charge in [-0.25, -0.2) is 9.97 Å². The number of aromatic nitrogens is 3. The average molecular weight is 453 g/mol. The van der Waals surface area contributed by atoms with Gasteiger partial charge < -0.3 is 9.30 Å². The summed E-state index contributed by atoms with van der Waals surface area (Å²) in [6.07, 6.45) is 6.28. The van der Waals surface area contributed by atoms with Crippen LogP contribution in [-0.2, 0) is 6.54 Å². The fourth-order valence-electron chi connectivity index (χ4n) is 3.27. The van der Waals surface area contributed by atoms with Crippen molar-refractivity contribution in [3.63, 3.8) is 0 Å². The van der Waals surface area contributed by atoms with E-state index in [4.69, 9.17) is 9.72 Å². The van der Waals surface area contributed by atoms with Crippen molar-refractivity contribution in [1.29, 1.82) is 0 Å². The van der Waals surface area contributed by atoms with Gasteiger partial charge in [0.1, 0.15) is 5.75 Å². The monoisotopic (exact) mass is 452 g/mol. The number of hydrogen-bond acceptors (Lipinski definition) is 6. The SMILES string of the molecule is CCSc1ccc(C(=O)N(CCCn2ccnc2)c2nc3ccc(OC)cc3s2)cc1. The fraction of sp³-hybridized carbons (Fsp3) is 0.261. The van der Waals surface area contributed by atoms with E-state index in [0.717, 1.165) is 39.6 Å².